The largest absolute Gasteiger partial charge is 0.486 e. The van der Waals surface area contributed by atoms with E-state index in [-0.39, 0.29) is 29.9 Å². The fraction of sp³-hybridized carbons (Fsp3) is 0.417. The van der Waals surface area contributed by atoms with Crippen molar-refractivity contribution in [1.82, 2.24) is 5.32 Å². The van der Waals surface area contributed by atoms with Crippen LogP contribution >= 0.6 is 0 Å². The topological polar surface area (TPSA) is 64.6 Å². The summed E-state index contributed by atoms with van der Waals surface area (Å²) in [6.45, 7) is 9.72. The van der Waals surface area contributed by atoms with Gasteiger partial charge in [-0.15, -0.1) is 0 Å². The lowest BCUT2D eigenvalue weighted by molar-refractivity contribution is -0.121. The maximum Gasteiger partial charge on any atom is 0.220 e. The molecular weight excluding hydrogens is 366 g/mol. The first kappa shape index (κ1) is 20.9. The van der Waals surface area contributed by atoms with Crippen molar-refractivity contribution in [3.63, 3.8) is 0 Å². The van der Waals surface area contributed by atoms with Crippen molar-refractivity contribution in [2.24, 2.45) is 0 Å². The highest BCUT2D eigenvalue weighted by Gasteiger charge is 2.24. The number of ether oxygens (including phenoxy) is 2. The number of carbonyl (C=O) groups is 2. The smallest absolute Gasteiger partial charge is 0.220 e. The van der Waals surface area contributed by atoms with E-state index in [4.69, 9.17) is 9.47 Å². The molecule has 2 aromatic carbocycles. The first-order valence-corrected chi connectivity index (χ1v) is 10.0. The molecule has 0 aromatic heterocycles. The summed E-state index contributed by atoms with van der Waals surface area (Å²) in [5.41, 5.74) is 3.69. The van der Waals surface area contributed by atoms with Gasteiger partial charge in [-0.1, -0.05) is 32.0 Å². The molecule has 0 aliphatic carbocycles. The molecule has 0 radical (unpaired) electrons. The Morgan fingerprint density at radius 2 is 1.66 bits per heavy atom. The highest BCUT2D eigenvalue weighted by Crippen LogP contribution is 2.34. The minimum atomic E-state index is -0.274. The number of nitrogens with one attached hydrogen (secondary N) is 1. The second-order valence-corrected chi connectivity index (χ2v) is 8.24. The molecule has 1 aliphatic heterocycles. The second-order valence-electron chi connectivity index (χ2n) is 8.24. The van der Waals surface area contributed by atoms with Crippen molar-refractivity contribution >= 4 is 11.7 Å². The normalized spacial score (nSPS) is 13.1. The lowest BCUT2D eigenvalue weighted by Crippen LogP contribution is -2.36. The van der Waals surface area contributed by atoms with Crippen molar-refractivity contribution in [2.75, 3.05) is 19.8 Å². The van der Waals surface area contributed by atoms with E-state index in [1.54, 1.807) is 0 Å². The van der Waals surface area contributed by atoms with Gasteiger partial charge in [0.2, 0.25) is 5.91 Å². The molecule has 0 fully saturated rings. The Morgan fingerprint density at radius 3 is 2.38 bits per heavy atom. The summed E-state index contributed by atoms with van der Waals surface area (Å²) < 4.78 is 11.2. The lowest BCUT2D eigenvalue weighted by atomic mass is 9.84. The summed E-state index contributed by atoms with van der Waals surface area (Å²) in [5, 5.41) is 2.97. The van der Waals surface area contributed by atoms with Crippen LogP contribution in [0.1, 0.15) is 53.7 Å². The minimum Gasteiger partial charge on any atom is -0.486 e. The summed E-state index contributed by atoms with van der Waals surface area (Å²) in [7, 11) is 0. The van der Waals surface area contributed by atoms with Crippen LogP contribution in [0.2, 0.25) is 0 Å². The first-order chi connectivity index (χ1) is 13.8. The Morgan fingerprint density at radius 1 is 0.931 bits per heavy atom. The van der Waals surface area contributed by atoms with Crippen molar-refractivity contribution in [3.05, 3.63) is 58.7 Å². The molecule has 2 aromatic rings. The third-order valence-corrected chi connectivity index (χ3v) is 5.46. The van der Waals surface area contributed by atoms with Gasteiger partial charge in [-0.2, -0.15) is 0 Å². The number of ketones is 1. The van der Waals surface area contributed by atoms with E-state index in [1.165, 1.54) is 0 Å². The van der Waals surface area contributed by atoms with Gasteiger partial charge in [0.25, 0.3) is 0 Å². The van der Waals surface area contributed by atoms with Crippen molar-refractivity contribution in [1.29, 1.82) is 0 Å². The molecule has 154 valence electrons. The molecule has 0 saturated carbocycles. The van der Waals surface area contributed by atoms with Crippen molar-refractivity contribution in [2.45, 2.75) is 46.0 Å². The Balaban J connectivity index is 1.52. The van der Waals surface area contributed by atoms with Gasteiger partial charge < -0.3 is 14.8 Å². The summed E-state index contributed by atoms with van der Waals surface area (Å²) >= 11 is 0. The fourth-order valence-electron chi connectivity index (χ4n) is 3.26. The van der Waals surface area contributed by atoms with Crippen LogP contribution in [0.25, 0.3) is 0 Å². The van der Waals surface area contributed by atoms with Gasteiger partial charge in [0.1, 0.15) is 13.2 Å². The second kappa shape index (κ2) is 8.68. The molecule has 5 nitrogen and oxygen atoms in total. The molecule has 5 heteroatoms. The standard InChI is InChI=1S/C24H29NO4/c1-16-5-6-18(13-17(16)2)20(26)8-10-23(27)25-15-24(3,4)19-7-9-21-22(14-19)29-12-11-28-21/h5-7,9,13-14H,8,10-12,15H2,1-4H3,(H,25,27). The fourth-order valence-corrected chi connectivity index (χ4v) is 3.26. The number of Topliss-reactive ketones (excluding diaryl/α,β-unsaturated/α-hetero) is 1. The Bertz CT molecular complexity index is 917. The van der Waals surface area contributed by atoms with Crippen LogP contribution in [0.5, 0.6) is 11.5 Å². The highest BCUT2D eigenvalue weighted by molar-refractivity contribution is 5.98. The lowest BCUT2D eigenvalue weighted by Gasteiger charge is -2.27. The maximum absolute atomic E-state index is 12.4. The van der Waals surface area contributed by atoms with E-state index in [0.29, 0.717) is 25.3 Å². The number of carbonyl (C=O) groups excluding carboxylic acids is 2. The van der Waals surface area contributed by atoms with E-state index >= 15 is 0 Å². The van der Waals surface area contributed by atoms with Crippen molar-refractivity contribution < 1.29 is 19.1 Å². The molecule has 0 bridgehead atoms. The van der Waals surface area contributed by atoms with Crippen LogP contribution in [-0.2, 0) is 10.2 Å². The molecule has 0 saturated heterocycles. The average Bonchev–Trinajstić information content (AvgIpc) is 2.72. The zero-order valence-electron chi connectivity index (χ0n) is 17.6. The molecule has 29 heavy (non-hydrogen) atoms. The summed E-state index contributed by atoms with van der Waals surface area (Å²) in [6, 6.07) is 11.6. The van der Waals surface area contributed by atoms with Gasteiger partial charge in [0, 0.05) is 30.4 Å². The van der Waals surface area contributed by atoms with E-state index < -0.39 is 0 Å². The quantitative estimate of drug-likeness (QED) is 0.716. The number of amides is 1. The minimum absolute atomic E-state index is 0.00523. The third-order valence-electron chi connectivity index (χ3n) is 5.46. The highest BCUT2D eigenvalue weighted by atomic mass is 16.6. The summed E-state index contributed by atoms with van der Waals surface area (Å²) in [6.07, 6.45) is 0.391. The molecule has 1 aliphatic rings. The number of fused-ring (bicyclic) bond motifs is 1. The van der Waals surface area contributed by atoms with Gasteiger partial charge in [-0.25, -0.2) is 0 Å². The molecular formula is C24H29NO4. The molecule has 3 rings (SSSR count). The van der Waals surface area contributed by atoms with E-state index in [9.17, 15) is 9.59 Å². The maximum atomic E-state index is 12.4. The van der Waals surface area contributed by atoms with E-state index in [1.807, 2.05) is 50.2 Å². The predicted molar refractivity (Wildman–Crippen MR) is 113 cm³/mol. The summed E-state index contributed by atoms with van der Waals surface area (Å²) in [4.78, 5) is 24.7. The Labute approximate surface area is 172 Å². The zero-order chi connectivity index (χ0) is 21.0. The molecule has 0 spiro atoms. The first-order valence-electron chi connectivity index (χ1n) is 10.0. The average molecular weight is 395 g/mol. The van der Waals surface area contributed by atoms with Gasteiger partial charge in [-0.3, -0.25) is 9.59 Å². The molecule has 1 N–H and O–H groups in total. The Hall–Kier alpha value is -2.82. The Kier molecular flexibility index (Phi) is 6.26. The van der Waals surface area contributed by atoms with Crippen LogP contribution in [0.3, 0.4) is 0 Å². The SMILES string of the molecule is Cc1ccc(C(=O)CCC(=O)NCC(C)(C)c2ccc3c(c2)OCCO3)cc1C. The third kappa shape index (κ3) is 5.17. The number of benzene rings is 2. The van der Waals surface area contributed by atoms with Gasteiger partial charge in [0.15, 0.2) is 17.3 Å². The van der Waals surface area contributed by atoms with Crippen LogP contribution in [-0.4, -0.2) is 31.4 Å². The number of hydrogen-bond donors (Lipinski definition) is 1. The number of hydrogen-bond acceptors (Lipinski definition) is 4. The molecule has 1 amide bonds. The number of aryl methyl sites for hydroxylation is 2. The molecule has 1 heterocycles. The van der Waals surface area contributed by atoms with Gasteiger partial charge >= 0.3 is 0 Å². The van der Waals surface area contributed by atoms with Crippen molar-refractivity contribution in [3.8, 4) is 11.5 Å². The molecule has 0 atom stereocenters. The van der Waals surface area contributed by atoms with Crippen LogP contribution in [0.15, 0.2) is 36.4 Å². The van der Waals surface area contributed by atoms with Crippen LogP contribution in [0.4, 0.5) is 0 Å². The van der Waals surface area contributed by atoms with Gasteiger partial charge in [-0.05, 0) is 48.7 Å². The van der Waals surface area contributed by atoms with Crippen LogP contribution in [0, 0.1) is 13.8 Å². The van der Waals surface area contributed by atoms with E-state index in [2.05, 4.69) is 19.2 Å². The van der Waals surface area contributed by atoms with Gasteiger partial charge in [0.05, 0.1) is 0 Å². The van der Waals surface area contributed by atoms with Crippen LogP contribution < -0.4 is 14.8 Å². The monoisotopic (exact) mass is 395 g/mol. The predicted octanol–water partition coefficient (Wildman–Crippen LogP) is 4.13. The summed E-state index contributed by atoms with van der Waals surface area (Å²) in [5.74, 6) is 1.37. The number of rotatable bonds is 7. The van der Waals surface area contributed by atoms with E-state index in [0.717, 1.165) is 28.2 Å². The molecule has 0 unspecified atom stereocenters. The zero-order valence-corrected chi connectivity index (χ0v) is 17.6.